The standard InChI is InChI=1S/C21H31N3O3/c1-4-27-18-9-5-15(6-10-18)20(25)23-19(14(2)3)21(26)22-16-11-12-24(13-16)17-7-8-17/h5-6,9-10,14,16-17,19H,4,7-8,11-13H2,1-3H3,(H,22,26)(H,23,25). The van der Waals surface area contributed by atoms with Crippen molar-refractivity contribution in [1.29, 1.82) is 0 Å². The Hall–Kier alpha value is -2.08. The number of ether oxygens (including phenoxy) is 1. The highest BCUT2D eigenvalue weighted by atomic mass is 16.5. The topological polar surface area (TPSA) is 70.7 Å². The SMILES string of the molecule is CCOc1ccc(C(=O)NC(C(=O)NC2CCN(C3CC3)C2)C(C)C)cc1. The summed E-state index contributed by atoms with van der Waals surface area (Å²) in [6.07, 6.45) is 3.56. The molecule has 3 rings (SSSR count). The van der Waals surface area contributed by atoms with Gasteiger partial charge >= 0.3 is 0 Å². The van der Waals surface area contributed by atoms with E-state index in [2.05, 4.69) is 15.5 Å². The van der Waals surface area contributed by atoms with E-state index in [0.717, 1.165) is 31.3 Å². The molecule has 2 unspecified atom stereocenters. The average molecular weight is 373 g/mol. The third kappa shape index (κ3) is 5.22. The minimum absolute atomic E-state index is 0.0117. The van der Waals surface area contributed by atoms with E-state index in [1.807, 2.05) is 20.8 Å². The summed E-state index contributed by atoms with van der Waals surface area (Å²) in [5, 5.41) is 6.04. The number of nitrogens with zero attached hydrogens (tertiary/aromatic N) is 1. The molecule has 6 nitrogen and oxygen atoms in total. The molecule has 1 aliphatic carbocycles. The Morgan fingerprint density at radius 1 is 1.19 bits per heavy atom. The lowest BCUT2D eigenvalue weighted by Gasteiger charge is -2.24. The van der Waals surface area contributed by atoms with Crippen molar-refractivity contribution in [2.24, 2.45) is 5.92 Å². The number of carbonyl (C=O) groups is 2. The summed E-state index contributed by atoms with van der Waals surface area (Å²) in [7, 11) is 0. The van der Waals surface area contributed by atoms with Crippen LogP contribution in [-0.2, 0) is 4.79 Å². The van der Waals surface area contributed by atoms with Gasteiger partial charge in [-0.15, -0.1) is 0 Å². The van der Waals surface area contributed by atoms with E-state index in [0.29, 0.717) is 12.2 Å². The van der Waals surface area contributed by atoms with Crippen molar-refractivity contribution in [1.82, 2.24) is 15.5 Å². The van der Waals surface area contributed by atoms with E-state index >= 15 is 0 Å². The monoisotopic (exact) mass is 373 g/mol. The molecule has 27 heavy (non-hydrogen) atoms. The number of nitrogens with one attached hydrogen (secondary N) is 2. The van der Waals surface area contributed by atoms with Crippen LogP contribution in [0.3, 0.4) is 0 Å². The van der Waals surface area contributed by atoms with E-state index < -0.39 is 6.04 Å². The molecule has 1 saturated carbocycles. The van der Waals surface area contributed by atoms with Crippen LogP contribution in [0.1, 0.15) is 50.4 Å². The maximum Gasteiger partial charge on any atom is 0.251 e. The maximum atomic E-state index is 12.8. The molecule has 2 fully saturated rings. The Labute approximate surface area is 161 Å². The van der Waals surface area contributed by atoms with Gasteiger partial charge in [0.05, 0.1) is 6.61 Å². The van der Waals surface area contributed by atoms with Crippen LogP contribution in [0.4, 0.5) is 0 Å². The zero-order valence-electron chi connectivity index (χ0n) is 16.5. The van der Waals surface area contributed by atoms with Gasteiger partial charge in [0.25, 0.3) is 5.91 Å². The van der Waals surface area contributed by atoms with E-state index in [1.54, 1.807) is 24.3 Å². The van der Waals surface area contributed by atoms with Crippen LogP contribution in [0.25, 0.3) is 0 Å². The summed E-state index contributed by atoms with van der Waals surface area (Å²) in [4.78, 5) is 27.8. The first-order chi connectivity index (χ1) is 13.0. The van der Waals surface area contributed by atoms with Crippen molar-refractivity contribution in [3.63, 3.8) is 0 Å². The number of amides is 2. The lowest BCUT2D eigenvalue weighted by Crippen LogP contribution is -2.52. The number of rotatable bonds is 8. The highest BCUT2D eigenvalue weighted by Crippen LogP contribution is 2.29. The van der Waals surface area contributed by atoms with Crippen molar-refractivity contribution in [2.45, 2.75) is 58.2 Å². The van der Waals surface area contributed by atoms with Gasteiger partial charge in [-0.1, -0.05) is 13.8 Å². The van der Waals surface area contributed by atoms with Gasteiger partial charge in [-0.25, -0.2) is 0 Å². The van der Waals surface area contributed by atoms with E-state index in [9.17, 15) is 9.59 Å². The van der Waals surface area contributed by atoms with Crippen LogP contribution >= 0.6 is 0 Å². The fourth-order valence-electron chi connectivity index (χ4n) is 3.60. The van der Waals surface area contributed by atoms with Gasteiger partial charge in [-0.05, 0) is 56.4 Å². The molecule has 148 valence electrons. The first-order valence-corrected chi connectivity index (χ1v) is 10.1. The Morgan fingerprint density at radius 2 is 1.89 bits per heavy atom. The zero-order valence-corrected chi connectivity index (χ0v) is 16.5. The van der Waals surface area contributed by atoms with E-state index in [4.69, 9.17) is 4.74 Å². The van der Waals surface area contributed by atoms with Gasteiger partial charge in [0.15, 0.2) is 0 Å². The first kappa shape index (κ1) is 19.7. The molecule has 0 spiro atoms. The molecule has 6 heteroatoms. The molecule has 0 radical (unpaired) electrons. The maximum absolute atomic E-state index is 12.8. The van der Waals surface area contributed by atoms with Gasteiger partial charge in [0, 0.05) is 30.7 Å². The van der Waals surface area contributed by atoms with Crippen LogP contribution in [0, 0.1) is 5.92 Å². The Bertz CT molecular complexity index is 655. The van der Waals surface area contributed by atoms with Gasteiger partial charge in [0.1, 0.15) is 11.8 Å². The van der Waals surface area contributed by atoms with Gasteiger partial charge in [0.2, 0.25) is 5.91 Å². The van der Waals surface area contributed by atoms with Gasteiger partial charge < -0.3 is 15.4 Å². The third-order valence-electron chi connectivity index (χ3n) is 5.29. The Balaban J connectivity index is 1.55. The second-order valence-electron chi connectivity index (χ2n) is 7.87. The molecule has 2 aliphatic rings. The molecule has 2 atom stereocenters. The predicted molar refractivity (Wildman–Crippen MR) is 105 cm³/mol. The molecular formula is C21H31N3O3. The van der Waals surface area contributed by atoms with Crippen molar-refractivity contribution < 1.29 is 14.3 Å². The molecule has 1 saturated heterocycles. The molecule has 0 bridgehead atoms. The normalized spacial score (nSPS) is 21.1. The number of hydrogen-bond donors (Lipinski definition) is 2. The Kier molecular flexibility index (Phi) is 6.37. The number of likely N-dealkylation sites (tertiary alicyclic amines) is 1. The molecule has 0 aromatic heterocycles. The average Bonchev–Trinajstić information content (AvgIpc) is 3.39. The highest BCUT2D eigenvalue weighted by molar-refractivity contribution is 5.97. The minimum atomic E-state index is -0.543. The summed E-state index contributed by atoms with van der Waals surface area (Å²) in [5.41, 5.74) is 0.526. The van der Waals surface area contributed by atoms with Crippen molar-refractivity contribution >= 4 is 11.8 Å². The summed E-state index contributed by atoms with van der Waals surface area (Å²) < 4.78 is 5.40. The molecule has 1 aliphatic heterocycles. The summed E-state index contributed by atoms with van der Waals surface area (Å²) in [6.45, 7) is 8.39. The lowest BCUT2D eigenvalue weighted by atomic mass is 10.0. The third-order valence-corrected chi connectivity index (χ3v) is 5.29. The molecule has 2 amide bonds. The zero-order chi connectivity index (χ0) is 19.4. The number of hydrogen-bond acceptors (Lipinski definition) is 4. The van der Waals surface area contributed by atoms with E-state index in [1.165, 1.54) is 12.8 Å². The van der Waals surface area contributed by atoms with Crippen molar-refractivity contribution in [3.8, 4) is 5.75 Å². The largest absolute Gasteiger partial charge is 0.494 e. The van der Waals surface area contributed by atoms with Crippen molar-refractivity contribution in [2.75, 3.05) is 19.7 Å². The summed E-state index contributed by atoms with van der Waals surface area (Å²) in [6, 6.07) is 7.36. The molecule has 1 heterocycles. The fourth-order valence-corrected chi connectivity index (χ4v) is 3.60. The number of carbonyl (C=O) groups excluding carboxylic acids is 2. The second-order valence-corrected chi connectivity index (χ2v) is 7.87. The minimum Gasteiger partial charge on any atom is -0.494 e. The smallest absolute Gasteiger partial charge is 0.251 e. The quantitative estimate of drug-likeness (QED) is 0.733. The van der Waals surface area contributed by atoms with Crippen molar-refractivity contribution in [3.05, 3.63) is 29.8 Å². The van der Waals surface area contributed by atoms with Crippen LogP contribution in [0.15, 0.2) is 24.3 Å². The molecular weight excluding hydrogens is 342 g/mol. The lowest BCUT2D eigenvalue weighted by molar-refractivity contribution is -0.124. The van der Waals surface area contributed by atoms with E-state index in [-0.39, 0.29) is 23.8 Å². The Morgan fingerprint density at radius 3 is 2.48 bits per heavy atom. The molecule has 1 aromatic rings. The molecule has 1 aromatic carbocycles. The van der Waals surface area contributed by atoms with Crippen LogP contribution < -0.4 is 15.4 Å². The summed E-state index contributed by atoms with van der Waals surface area (Å²) >= 11 is 0. The van der Waals surface area contributed by atoms with Crippen LogP contribution in [0.5, 0.6) is 5.75 Å². The van der Waals surface area contributed by atoms with Gasteiger partial charge in [-0.3, -0.25) is 14.5 Å². The first-order valence-electron chi connectivity index (χ1n) is 10.1. The van der Waals surface area contributed by atoms with Crippen LogP contribution in [-0.4, -0.2) is 54.5 Å². The number of benzene rings is 1. The van der Waals surface area contributed by atoms with Crippen LogP contribution in [0.2, 0.25) is 0 Å². The van der Waals surface area contributed by atoms with Gasteiger partial charge in [-0.2, -0.15) is 0 Å². The fraction of sp³-hybridized carbons (Fsp3) is 0.619. The highest BCUT2D eigenvalue weighted by Gasteiger charge is 2.36. The second kappa shape index (κ2) is 8.74. The molecule has 2 N–H and O–H groups in total. The summed E-state index contributed by atoms with van der Waals surface area (Å²) in [5.74, 6) is 0.413. The predicted octanol–water partition coefficient (Wildman–Crippen LogP) is 2.19.